The lowest BCUT2D eigenvalue weighted by Gasteiger charge is -2.07. The number of ether oxygens (including phenoxy) is 1. The molecule has 1 N–H and O–H groups in total. The third-order valence-electron chi connectivity index (χ3n) is 2.10. The quantitative estimate of drug-likeness (QED) is 0.477. The third-order valence-corrected chi connectivity index (χ3v) is 2.10. The van der Waals surface area contributed by atoms with Gasteiger partial charge in [-0.3, -0.25) is 0 Å². The van der Waals surface area contributed by atoms with E-state index in [4.69, 9.17) is 0 Å². The predicted molar refractivity (Wildman–Crippen MR) is 60.4 cm³/mol. The second-order valence-electron chi connectivity index (χ2n) is 3.26. The second kappa shape index (κ2) is 6.65. The lowest BCUT2D eigenvalue weighted by Crippen LogP contribution is -1.97. The molecule has 0 radical (unpaired) electrons. The van der Waals surface area contributed by atoms with E-state index in [1.54, 1.807) is 0 Å². The fourth-order valence-corrected chi connectivity index (χ4v) is 1.24. The van der Waals surface area contributed by atoms with Crippen molar-refractivity contribution < 1.29 is 14.6 Å². The zero-order chi connectivity index (χ0) is 11.8. The van der Waals surface area contributed by atoms with Crippen LogP contribution in [0.1, 0.15) is 24.5 Å². The van der Waals surface area contributed by atoms with Crippen molar-refractivity contribution in [2.45, 2.75) is 18.9 Å². The maximum atomic E-state index is 10.7. The van der Waals surface area contributed by atoms with Crippen molar-refractivity contribution >= 4 is 5.97 Å². The molecule has 0 heterocycles. The number of carbonyl (C=O) groups is 1. The van der Waals surface area contributed by atoms with Gasteiger partial charge < -0.3 is 9.84 Å². The van der Waals surface area contributed by atoms with E-state index in [2.05, 4.69) is 16.6 Å². The number of hydrogen-bond donors (Lipinski definition) is 1. The molecule has 84 valence electrons. The van der Waals surface area contributed by atoms with Crippen LogP contribution in [0.15, 0.2) is 30.3 Å². The van der Waals surface area contributed by atoms with Crippen LogP contribution in [0.2, 0.25) is 0 Å². The van der Waals surface area contributed by atoms with Crippen molar-refractivity contribution in [3.05, 3.63) is 35.9 Å². The molecule has 0 saturated heterocycles. The number of benzene rings is 1. The van der Waals surface area contributed by atoms with E-state index in [1.807, 2.05) is 30.3 Å². The number of rotatable bonds is 3. The van der Waals surface area contributed by atoms with Crippen LogP contribution in [0.4, 0.5) is 0 Å². The van der Waals surface area contributed by atoms with E-state index < -0.39 is 12.1 Å². The van der Waals surface area contributed by atoms with Crippen molar-refractivity contribution in [1.29, 1.82) is 0 Å². The molecule has 1 rings (SSSR count). The van der Waals surface area contributed by atoms with Gasteiger partial charge in [0.25, 0.3) is 0 Å². The molecule has 1 aromatic rings. The first-order valence-electron chi connectivity index (χ1n) is 5.04. The molecule has 0 saturated carbocycles. The SMILES string of the molecule is COC(=O)C#CCCC(O)c1ccccc1. The van der Waals surface area contributed by atoms with Crippen LogP contribution in [0.25, 0.3) is 0 Å². The van der Waals surface area contributed by atoms with Gasteiger partial charge in [-0.25, -0.2) is 4.79 Å². The van der Waals surface area contributed by atoms with Crippen LogP contribution >= 0.6 is 0 Å². The Morgan fingerprint density at radius 3 is 2.75 bits per heavy atom. The Labute approximate surface area is 95.1 Å². The van der Waals surface area contributed by atoms with E-state index in [9.17, 15) is 9.90 Å². The van der Waals surface area contributed by atoms with E-state index in [0.29, 0.717) is 12.8 Å². The summed E-state index contributed by atoms with van der Waals surface area (Å²) in [6.45, 7) is 0. The predicted octanol–water partition coefficient (Wildman–Crippen LogP) is 1.68. The minimum Gasteiger partial charge on any atom is -0.459 e. The van der Waals surface area contributed by atoms with Gasteiger partial charge in [0.05, 0.1) is 13.2 Å². The van der Waals surface area contributed by atoms with Crippen molar-refractivity contribution in [2.75, 3.05) is 7.11 Å². The van der Waals surface area contributed by atoms with Crippen LogP contribution in [-0.4, -0.2) is 18.2 Å². The molecule has 0 aromatic heterocycles. The Bertz CT molecular complexity index is 387. The summed E-state index contributed by atoms with van der Waals surface area (Å²) in [5.74, 6) is 4.42. The Hall–Kier alpha value is -1.79. The summed E-state index contributed by atoms with van der Waals surface area (Å²) < 4.78 is 4.37. The first kappa shape index (κ1) is 12.3. The molecule has 16 heavy (non-hydrogen) atoms. The van der Waals surface area contributed by atoms with Crippen LogP contribution in [-0.2, 0) is 9.53 Å². The first-order valence-corrected chi connectivity index (χ1v) is 5.04. The Kier molecular flexibility index (Phi) is 5.10. The summed E-state index contributed by atoms with van der Waals surface area (Å²) in [7, 11) is 1.29. The second-order valence-corrected chi connectivity index (χ2v) is 3.26. The minimum atomic E-state index is -0.547. The molecule has 1 atom stereocenters. The van der Waals surface area contributed by atoms with Gasteiger partial charge in [0.2, 0.25) is 0 Å². The molecule has 1 unspecified atom stereocenters. The molecule has 0 aliphatic heterocycles. The van der Waals surface area contributed by atoms with Gasteiger partial charge in [-0.05, 0) is 12.0 Å². The summed E-state index contributed by atoms with van der Waals surface area (Å²) in [5.41, 5.74) is 0.863. The summed E-state index contributed by atoms with van der Waals surface area (Å²) in [6.07, 6.45) is 0.437. The van der Waals surface area contributed by atoms with E-state index in [0.717, 1.165) is 5.56 Å². The molecule has 0 aliphatic carbocycles. The van der Waals surface area contributed by atoms with Crippen molar-refractivity contribution in [1.82, 2.24) is 0 Å². The number of esters is 1. The van der Waals surface area contributed by atoms with Gasteiger partial charge in [-0.1, -0.05) is 36.3 Å². The smallest absolute Gasteiger partial charge is 0.384 e. The molecular weight excluding hydrogens is 204 g/mol. The first-order chi connectivity index (χ1) is 7.74. The van der Waals surface area contributed by atoms with Gasteiger partial charge in [-0.15, -0.1) is 0 Å². The van der Waals surface area contributed by atoms with Crippen LogP contribution in [0.5, 0.6) is 0 Å². The maximum absolute atomic E-state index is 10.7. The van der Waals surface area contributed by atoms with E-state index >= 15 is 0 Å². The number of aliphatic hydroxyl groups excluding tert-OH is 1. The van der Waals surface area contributed by atoms with Gasteiger partial charge in [-0.2, -0.15) is 0 Å². The number of carbonyl (C=O) groups excluding carboxylic acids is 1. The largest absolute Gasteiger partial charge is 0.459 e. The Morgan fingerprint density at radius 2 is 2.12 bits per heavy atom. The van der Waals surface area contributed by atoms with Gasteiger partial charge >= 0.3 is 5.97 Å². The number of hydrogen-bond acceptors (Lipinski definition) is 3. The Morgan fingerprint density at radius 1 is 1.44 bits per heavy atom. The Balaban J connectivity index is 2.38. The highest BCUT2D eigenvalue weighted by Gasteiger charge is 2.04. The van der Waals surface area contributed by atoms with Gasteiger partial charge in [0.15, 0.2) is 0 Å². The standard InChI is InChI=1S/C13H14O3/c1-16-13(15)10-6-5-9-12(14)11-7-3-2-4-8-11/h2-4,7-8,12,14H,5,9H2,1H3. The highest BCUT2D eigenvalue weighted by molar-refractivity contribution is 5.88. The van der Waals surface area contributed by atoms with Crippen molar-refractivity contribution in [3.63, 3.8) is 0 Å². The lowest BCUT2D eigenvalue weighted by molar-refractivity contribution is -0.133. The highest BCUT2D eigenvalue weighted by atomic mass is 16.5. The highest BCUT2D eigenvalue weighted by Crippen LogP contribution is 2.16. The molecular formula is C13H14O3. The van der Waals surface area contributed by atoms with Crippen molar-refractivity contribution in [2.24, 2.45) is 0 Å². The molecule has 3 nitrogen and oxygen atoms in total. The fourth-order valence-electron chi connectivity index (χ4n) is 1.24. The minimum absolute atomic E-state index is 0.463. The normalized spacial score (nSPS) is 11.1. The molecule has 0 fully saturated rings. The van der Waals surface area contributed by atoms with Crippen LogP contribution in [0.3, 0.4) is 0 Å². The van der Waals surface area contributed by atoms with Crippen molar-refractivity contribution in [3.8, 4) is 11.8 Å². The lowest BCUT2D eigenvalue weighted by atomic mass is 10.1. The van der Waals surface area contributed by atoms with Crippen LogP contribution < -0.4 is 0 Å². The molecule has 3 heteroatoms. The summed E-state index contributed by atoms with van der Waals surface area (Å²) in [5, 5.41) is 9.76. The van der Waals surface area contributed by atoms with Crippen LogP contribution in [0, 0.1) is 11.8 Å². The maximum Gasteiger partial charge on any atom is 0.384 e. The molecule has 0 aliphatic rings. The topological polar surface area (TPSA) is 46.5 Å². The van der Waals surface area contributed by atoms with Gasteiger partial charge in [0, 0.05) is 12.3 Å². The number of methoxy groups -OCH3 is 1. The van der Waals surface area contributed by atoms with Gasteiger partial charge in [0.1, 0.15) is 0 Å². The summed E-state index contributed by atoms with van der Waals surface area (Å²) in [4.78, 5) is 10.7. The fraction of sp³-hybridized carbons (Fsp3) is 0.308. The average Bonchev–Trinajstić information content (AvgIpc) is 2.35. The van der Waals surface area contributed by atoms with E-state index in [1.165, 1.54) is 7.11 Å². The molecule has 1 aromatic carbocycles. The molecule has 0 bridgehead atoms. The number of aliphatic hydroxyl groups is 1. The zero-order valence-corrected chi connectivity index (χ0v) is 9.14. The monoisotopic (exact) mass is 218 g/mol. The summed E-state index contributed by atoms with van der Waals surface area (Å²) in [6, 6.07) is 9.36. The van der Waals surface area contributed by atoms with E-state index in [-0.39, 0.29) is 0 Å². The average molecular weight is 218 g/mol. The third kappa shape index (κ3) is 4.16. The molecule has 0 spiro atoms. The summed E-state index contributed by atoms with van der Waals surface area (Å²) >= 11 is 0. The zero-order valence-electron chi connectivity index (χ0n) is 9.14. The molecule has 0 amide bonds.